The number of nitriles is 1. The van der Waals surface area contributed by atoms with Gasteiger partial charge in [0, 0.05) is 32.3 Å². The molecule has 1 fully saturated rings. The Morgan fingerprint density at radius 3 is 2.47 bits per heavy atom. The molecule has 1 amide bonds. The summed E-state index contributed by atoms with van der Waals surface area (Å²) in [6.45, 7) is 4.02. The standard InChI is InChI=1S/C26H26N4O4/c1-19-7-9-20(10-8-19)11-12-24-28-21(17-27)26(34-24)30-15-13-29(14-16-30)25(31)18-33-23-6-4-3-5-22(23)32-2/h3-12H,13-16,18H2,1-2H3/b12-11+. The van der Waals surface area contributed by atoms with Crippen LogP contribution in [0.4, 0.5) is 5.88 Å². The zero-order valence-corrected chi connectivity index (χ0v) is 19.2. The molecule has 0 spiro atoms. The summed E-state index contributed by atoms with van der Waals surface area (Å²) in [6.07, 6.45) is 3.65. The first kappa shape index (κ1) is 22.9. The molecule has 4 rings (SSSR count). The number of hydrogen-bond acceptors (Lipinski definition) is 7. The summed E-state index contributed by atoms with van der Waals surface area (Å²) in [6, 6.07) is 17.4. The highest BCUT2D eigenvalue weighted by molar-refractivity contribution is 5.78. The number of anilines is 1. The van der Waals surface area contributed by atoms with Gasteiger partial charge in [-0.2, -0.15) is 10.2 Å². The Balaban J connectivity index is 1.34. The molecule has 34 heavy (non-hydrogen) atoms. The van der Waals surface area contributed by atoms with Gasteiger partial charge in [0.2, 0.25) is 17.5 Å². The average Bonchev–Trinajstić information content (AvgIpc) is 3.30. The second kappa shape index (κ2) is 10.6. The van der Waals surface area contributed by atoms with E-state index in [1.165, 1.54) is 5.56 Å². The van der Waals surface area contributed by atoms with Crippen molar-refractivity contribution < 1.29 is 18.7 Å². The van der Waals surface area contributed by atoms with Crippen molar-refractivity contribution in [2.24, 2.45) is 0 Å². The van der Waals surface area contributed by atoms with E-state index >= 15 is 0 Å². The Bertz CT molecular complexity index is 1200. The predicted molar refractivity (Wildman–Crippen MR) is 129 cm³/mol. The number of benzene rings is 2. The first-order valence-electron chi connectivity index (χ1n) is 11.0. The fourth-order valence-electron chi connectivity index (χ4n) is 3.66. The van der Waals surface area contributed by atoms with Crippen LogP contribution in [0.15, 0.2) is 52.9 Å². The van der Waals surface area contributed by atoms with Crippen LogP contribution in [0, 0.1) is 18.3 Å². The summed E-state index contributed by atoms with van der Waals surface area (Å²) in [5.74, 6) is 1.81. The van der Waals surface area contributed by atoms with E-state index in [1.54, 1.807) is 30.2 Å². The molecular weight excluding hydrogens is 432 g/mol. The lowest BCUT2D eigenvalue weighted by atomic mass is 10.1. The van der Waals surface area contributed by atoms with E-state index in [4.69, 9.17) is 13.9 Å². The molecule has 2 aromatic carbocycles. The minimum absolute atomic E-state index is 0.0694. The van der Waals surface area contributed by atoms with Crippen molar-refractivity contribution >= 4 is 23.9 Å². The number of carbonyl (C=O) groups is 1. The van der Waals surface area contributed by atoms with Crippen LogP contribution in [0.25, 0.3) is 12.2 Å². The molecule has 0 aliphatic carbocycles. The molecule has 2 heterocycles. The fraction of sp³-hybridized carbons (Fsp3) is 0.269. The molecule has 174 valence electrons. The second-order valence-electron chi connectivity index (χ2n) is 7.87. The van der Waals surface area contributed by atoms with Crippen LogP contribution in [-0.4, -0.2) is 55.7 Å². The Hall–Kier alpha value is -4.25. The fourth-order valence-corrected chi connectivity index (χ4v) is 3.66. The highest BCUT2D eigenvalue weighted by atomic mass is 16.5. The summed E-state index contributed by atoms with van der Waals surface area (Å²) in [5.41, 5.74) is 2.44. The number of rotatable bonds is 7. The normalized spacial score (nSPS) is 13.7. The van der Waals surface area contributed by atoms with E-state index < -0.39 is 0 Å². The lowest BCUT2D eigenvalue weighted by Gasteiger charge is -2.34. The van der Waals surface area contributed by atoms with Crippen molar-refractivity contribution in [1.82, 2.24) is 9.88 Å². The number of methoxy groups -OCH3 is 1. The van der Waals surface area contributed by atoms with Gasteiger partial charge in [-0.1, -0.05) is 42.0 Å². The molecule has 1 saturated heterocycles. The van der Waals surface area contributed by atoms with E-state index in [2.05, 4.69) is 11.1 Å². The molecule has 1 aliphatic heterocycles. The summed E-state index contributed by atoms with van der Waals surface area (Å²) in [7, 11) is 1.56. The molecule has 1 aliphatic rings. The van der Waals surface area contributed by atoms with Crippen molar-refractivity contribution in [2.75, 3.05) is 44.8 Å². The molecule has 0 N–H and O–H groups in total. The molecular formula is C26H26N4O4. The van der Waals surface area contributed by atoms with Gasteiger partial charge in [0.25, 0.3) is 5.91 Å². The van der Waals surface area contributed by atoms with E-state index in [0.29, 0.717) is 49.5 Å². The number of nitrogens with zero attached hydrogens (tertiary/aromatic N) is 4. The van der Waals surface area contributed by atoms with Gasteiger partial charge in [-0.25, -0.2) is 0 Å². The summed E-state index contributed by atoms with van der Waals surface area (Å²) in [5, 5.41) is 9.52. The van der Waals surface area contributed by atoms with Crippen LogP contribution >= 0.6 is 0 Å². The maximum atomic E-state index is 12.6. The third kappa shape index (κ3) is 5.38. The van der Waals surface area contributed by atoms with Gasteiger partial charge in [0.15, 0.2) is 18.1 Å². The summed E-state index contributed by atoms with van der Waals surface area (Å²) < 4.78 is 16.8. The van der Waals surface area contributed by atoms with E-state index in [-0.39, 0.29) is 18.2 Å². The topological polar surface area (TPSA) is 91.8 Å². The maximum absolute atomic E-state index is 12.6. The van der Waals surface area contributed by atoms with Crippen LogP contribution < -0.4 is 14.4 Å². The Kier molecular flexibility index (Phi) is 7.13. The van der Waals surface area contributed by atoms with Gasteiger partial charge in [0.1, 0.15) is 6.07 Å². The molecule has 1 aromatic heterocycles. The monoisotopic (exact) mass is 458 g/mol. The van der Waals surface area contributed by atoms with Crippen LogP contribution in [-0.2, 0) is 4.79 Å². The zero-order chi connectivity index (χ0) is 23.9. The number of carbonyl (C=O) groups excluding carboxylic acids is 1. The number of aryl methyl sites for hydroxylation is 1. The molecule has 3 aromatic rings. The van der Waals surface area contributed by atoms with E-state index in [1.807, 2.05) is 54.3 Å². The Morgan fingerprint density at radius 1 is 1.09 bits per heavy atom. The van der Waals surface area contributed by atoms with Gasteiger partial charge < -0.3 is 23.7 Å². The quantitative estimate of drug-likeness (QED) is 0.532. The first-order valence-corrected chi connectivity index (χ1v) is 11.0. The number of piperazine rings is 1. The SMILES string of the molecule is COc1ccccc1OCC(=O)N1CCN(c2oc(/C=C/c3ccc(C)cc3)nc2C#N)CC1. The molecule has 0 atom stereocenters. The minimum atomic E-state index is -0.106. The summed E-state index contributed by atoms with van der Waals surface area (Å²) in [4.78, 5) is 20.6. The lowest BCUT2D eigenvalue weighted by Crippen LogP contribution is -2.50. The second-order valence-corrected chi connectivity index (χ2v) is 7.87. The molecule has 0 bridgehead atoms. The molecule has 0 saturated carbocycles. The zero-order valence-electron chi connectivity index (χ0n) is 19.2. The highest BCUT2D eigenvalue weighted by Gasteiger charge is 2.26. The van der Waals surface area contributed by atoms with Gasteiger partial charge >= 0.3 is 0 Å². The number of amides is 1. The van der Waals surface area contributed by atoms with Crippen molar-refractivity contribution in [3.05, 3.63) is 71.2 Å². The van der Waals surface area contributed by atoms with Crippen molar-refractivity contribution in [3.8, 4) is 17.6 Å². The number of ether oxygens (including phenoxy) is 2. The molecule has 0 radical (unpaired) electrons. The number of oxazole rings is 1. The van der Waals surface area contributed by atoms with Crippen LogP contribution in [0.5, 0.6) is 11.5 Å². The van der Waals surface area contributed by atoms with Crippen LogP contribution in [0.1, 0.15) is 22.7 Å². The summed E-state index contributed by atoms with van der Waals surface area (Å²) >= 11 is 0. The Morgan fingerprint density at radius 2 is 1.79 bits per heavy atom. The molecule has 0 unspecified atom stereocenters. The molecule has 8 heteroatoms. The molecule has 8 nitrogen and oxygen atoms in total. The third-order valence-corrected chi connectivity index (χ3v) is 5.57. The van der Waals surface area contributed by atoms with Crippen molar-refractivity contribution in [1.29, 1.82) is 5.26 Å². The predicted octanol–water partition coefficient (Wildman–Crippen LogP) is 3.76. The Labute approximate surface area is 198 Å². The minimum Gasteiger partial charge on any atom is -0.493 e. The van der Waals surface area contributed by atoms with Gasteiger partial charge in [-0.15, -0.1) is 0 Å². The average molecular weight is 459 g/mol. The van der Waals surface area contributed by atoms with Crippen LogP contribution in [0.2, 0.25) is 0 Å². The van der Waals surface area contributed by atoms with E-state index in [9.17, 15) is 10.1 Å². The van der Waals surface area contributed by atoms with Gasteiger partial charge in [-0.3, -0.25) is 4.79 Å². The lowest BCUT2D eigenvalue weighted by molar-refractivity contribution is -0.133. The first-order chi connectivity index (χ1) is 16.6. The van der Waals surface area contributed by atoms with Gasteiger partial charge in [-0.05, 0) is 30.7 Å². The van der Waals surface area contributed by atoms with Gasteiger partial charge in [0.05, 0.1) is 7.11 Å². The number of para-hydroxylation sites is 2. The van der Waals surface area contributed by atoms with Crippen molar-refractivity contribution in [3.63, 3.8) is 0 Å². The third-order valence-electron chi connectivity index (χ3n) is 5.57. The maximum Gasteiger partial charge on any atom is 0.260 e. The van der Waals surface area contributed by atoms with Crippen LogP contribution in [0.3, 0.4) is 0 Å². The highest BCUT2D eigenvalue weighted by Crippen LogP contribution is 2.26. The smallest absolute Gasteiger partial charge is 0.260 e. The number of hydrogen-bond donors (Lipinski definition) is 0. The van der Waals surface area contributed by atoms with E-state index in [0.717, 1.165) is 5.56 Å². The largest absolute Gasteiger partial charge is 0.493 e. The number of aromatic nitrogens is 1. The van der Waals surface area contributed by atoms with Crippen molar-refractivity contribution in [2.45, 2.75) is 6.92 Å².